The smallest absolute Gasteiger partial charge is 0.263 e. The van der Waals surface area contributed by atoms with E-state index >= 15 is 0 Å². The van der Waals surface area contributed by atoms with Crippen LogP contribution < -0.4 is 14.2 Å². The van der Waals surface area contributed by atoms with Gasteiger partial charge in [-0.1, -0.05) is 30.3 Å². The molecule has 0 bridgehead atoms. The summed E-state index contributed by atoms with van der Waals surface area (Å²) in [5, 5.41) is 0. The van der Waals surface area contributed by atoms with Gasteiger partial charge in [-0.2, -0.15) is 0 Å². The monoisotopic (exact) mass is 384 g/mol. The zero-order chi connectivity index (χ0) is 19.9. The summed E-state index contributed by atoms with van der Waals surface area (Å²) in [6.45, 7) is 5.84. The van der Waals surface area contributed by atoms with Crippen LogP contribution in [0.3, 0.4) is 0 Å². The molecule has 1 fully saturated rings. The Kier molecular flexibility index (Phi) is 6.76. The summed E-state index contributed by atoms with van der Waals surface area (Å²) >= 11 is 0. The van der Waals surface area contributed by atoms with Crippen LogP contribution in [-0.4, -0.2) is 62.2 Å². The molecule has 1 amide bonds. The molecule has 2 aromatic rings. The Morgan fingerprint density at radius 1 is 0.929 bits per heavy atom. The average molecular weight is 384 g/mol. The maximum absolute atomic E-state index is 12.8. The second-order valence-corrected chi connectivity index (χ2v) is 6.90. The number of amides is 1. The molecule has 0 N–H and O–H groups in total. The molecule has 3 rings (SSSR count). The topological polar surface area (TPSA) is 51.2 Å². The van der Waals surface area contributed by atoms with Crippen molar-refractivity contribution < 1.29 is 19.0 Å². The van der Waals surface area contributed by atoms with Crippen LogP contribution >= 0.6 is 0 Å². The number of ether oxygens (including phenoxy) is 3. The van der Waals surface area contributed by atoms with Gasteiger partial charge >= 0.3 is 0 Å². The fourth-order valence-electron chi connectivity index (χ4n) is 3.33. The van der Waals surface area contributed by atoms with Gasteiger partial charge in [0.25, 0.3) is 5.91 Å². The van der Waals surface area contributed by atoms with E-state index in [0.717, 1.165) is 19.6 Å². The molecule has 6 nitrogen and oxygen atoms in total. The highest BCUT2D eigenvalue weighted by Crippen LogP contribution is 2.28. The third kappa shape index (κ3) is 5.16. The lowest BCUT2D eigenvalue weighted by atomic mass is 10.2. The molecule has 1 saturated heterocycles. The number of carbonyl (C=O) groups excluding carboxylic acids is 1. The molecule has 1 atom stereocenters. The van der Waals surface area contributed by atoms with Gasteiger partial charge in [0.05, 0.1) is 14.2 Å². The van der Waals surface area contributed by atoms with E-state index < -0.39 is 6.10 Å². The summed E-state index contributed by atoms with van der Waals surface area (Å²) in [6.07, 6.45) is -0.572. The molecule has 0 spiro atoms. The SMILES string of the molecule is COc1cc(OC)cc(O[C@H](C)C(=O)N2CCN(Cc3ccccc3)CC2)c1. The second kappa shape index (κ2) is 9.46. The molecular formula is C22H28N2O4. The van der Waals surface area contributed by atoms with Crippen molar-refractivity contribution in [2.75, 3.05) is 40.4 Å². The van der Waals surface area contributed by atoms with Crippen LogP contribution in [-0.2, 0) is 11.3 Å². The van der Waals surface area contributed by atoms with Gasteiger partial charge in [-0.15, -0.1) is 0 Å². The molecule has 150 valence electrons. The first-order valence-corrected chi connectivity index (χ1v) is 9.54. The van der Waals surface area contributed by atoms with E-state index in [1.165, 1.54) is 5.56 Å². The van der Waals surface area contributed by atoms with Gasteiger partial charge in [0.15, 0.2) is 6.10 Å². The van der Waals surface area contributed by atoms with Crippen molar-refractivity contribution in [3.05, 3.63) is 54.1 Å². The van der Waals surface area contributed by atoms with Crippen molar-refractivity contribution in [2.24, 2.45) is 0 Å². The molecule has 2 aromatic carbocycles. The van der Waals surface area contributed by atoms with Gasteiger partial charge in [0.2, 0.25) is 0 Å². The molecule has 0 aromatic heterocycles. The minimum Gasteiger partial charge on any atom is -0.496 e. The van der Waals surface area contributed by atoms with Crippen LogP contribution in [0.15, 0.2) is 48.5 Å². The third-order valence-corrected chi connectivity index (χ3v) is 4.92. The number of hydrogen-bond donors (Lipinski definition) is 0. The Morgan fingerprint density at radius 2 is 1.50 bits per heavy atom. The Hall–Kier alpha value is -2.73. The van der Waals surface area contributed by atoms with E-state index in [-0.39, 0.29) is 5.91 Å². The largest absolute Gasteiger partial charge is 0.496 e. The van der Waals surface area contributed by atoms with Crippen LogP contribution in [0.1, 0.15) is 12.5 Å². The van der Waals surface area contributed by atoms with Crippen LogP contribution in [0.25, 0.3) is 0 Å². The number of nitrogens with zero attached hydrogens (tertiary/aromatic N) is 2. The number of carbonyl (C=O) groups is 1. The fourth-order valence-corrected chi connectivity index (χ4v) is 3.33. The highest BCUT2D eigenvalue weighted by Gasteiger charge is 2.26. The molecule has 28 heavy (non-hydrogen) atoms. The van der Waals surface area contributed by atoms with Crippen molar-refractivity contribution in [3.63, 3.8) is 0 Å². The van der Waals surface area contributed by atoms with Crippen LogP contribution in [0, 0.1) is 0 Å². The first kappa shape index (κ1) is 20.0. The van der Waals surface area contributed by atoms with Crippen molar-refractivity contribution in [1.82, 2.24) is 9.80 Å². The van der Waals surface area contributed by atoms with Crippen molar-refractivity contribution >= 4 is 5.91 Å². The zero-order valence-electron chi connectivity index (χ0n) is 16.8. The van der Waals surface area contributed by atoms with E-state index in [1.54, 1.807) is 39.3 Å². The number of rotatable bonds is 7. The summed E-state index contributed by atoms with van der Waals surface area (Å²) in [6, 6.07) is 15.7. The minimum absolute atomic E-state index is 0.00106. The molecule has 0 saturated carbocycles. The van der Waals surface area contributed by atoms with Crippen LogP contribution in [0.2, 0.25) is 0 Å². The van der Waals surface area contributed by atoms with E-state index in [2.05, 4.69) is 29.2 Å². The fraction of sp³-hybridized carbons (Fsp3) is 0.409. The van der Waals surface area contributed by atoms with Crippen molar-refractivity contribution in [1.29, 1.82) is 0 Å². The van der Waals surface area contributed by atoms with Gasteiger partial charge in [0.1, 0.15) is 17.2 Å². The highest BCUT2D eigenvalue weighted by molar-refractivity contribution is 5.81. The first-order valence-electron chi connectivity index (χ1n) is 9.54. The predicted molar refractivity (Wildman–Crippen MR) is 108 cm³/mol. The first-order chi connectivity index (χ1) is 13.6. The maximum atomic E-state index is 12.8. The normalized spacial score (nSPS) is 15.8. The predicted octanol–water partition coefficient (Wildman–Crippen LogP) is 2.82. The van der Waals surface area contributed by atoms with Gasteiger partial charge in [-0.25, -0.2) is 0 Å². The summed E-state index contributed by atoms with van der Waals surface area (Å²) in [7, 11) is 3.17. The second-order valence-electron chi connectivity index (χ2n) is 6.90. The lowest BCUT2D eigenvalue weighted by Crippen LogP contribution is -2.51. The molecule has 1 aliphatic heterocycles. The van der Waals surface area contributed by atoms with Gasteiger partial charge in [-0.05, 0) is 12.5 Å². The van der Waals surface area contributed by atoms with E-state index in [9.17, 15) is 4.79 Å². The van der Waals surface area contributed by atoms with Gasteiger partial charge in [-0.3, -0.25) is 9.69 Å². The molecule has 0 aliphatic carbocycles. The number of methoxy groups -OCH3 is 2. The van der Waals surface area contributed by atoms with Crippen LogP contribution in [0.5, 0.6) is 17.2 Å². The van der Waals surface area contributed by atoms with E-state index in [0.29, 0.717) is 30.3 Å². The number of benzene rings is 2. The molecular weight excluding hydrogens is 356 g/mol. The maximum Gasteiger partial charge on any atom is 0.263 e. The van der Waals surface area contributed by atoms with E-state index in [4.69, 9.17) is 14.2 Å². The Bertz CT molecular complexity index is 751. The highest BCUT2D eigenvalue weighted by atomic mass is 16.5. The van der Waals surface area contributed by atoms with Gasteiger partial charge < -0.3 is 19.1 Å². The Labute approximate surface area is 166 Å². The third-order valence-electron chi connectivity index (χ3n) is 4.92. The molecule has 1 heterocycles. The van der Waals surface area contributed by atoms with Crippen molar-refractivity contribution in [3.8, 4) is 17.2 Å². The van der Waals surface area contributed by atoms with E-state index in [1.807, 2.05) is 11.0 Å². The standard InChI is InChI=1S/C22H28N2O4/c1-17(28-21-14-19(26-2)13-20(15-21)27-3)22(25)24-11-9-23(10-12-24)16-18-7-5-4-6-8-18/h4-8,13-15,17H,9-12,16H2,1-3H3/t17-/m1/s1. The quantitative estimate of drug-likeness (QED) is 0.735. The van der Waals surface area contributed by atoms with Gasteiger partial charge in [0, 0.05) is 50.9 Å². The van der Waals surface area contributed by atoms with Crippen LogP contribution in [0.4, 0.5) is 0 Å². The average Bonchev–Trinajstić information content (AvgIpc) is 2.74. The zero-order valence-corrected chi connectivity index (χ0v) is 16.8. The van der Waals surface area contributed by atoms with Crippen molar-refractivity contribution in [2.45, 2.75) is 19.6 Å². The lowest BCUT2D eigenvalue weighted by Gasteiger charge is -2.35. The number of hydrogen-bond acceptors (Lipinski definition) is 5. The number of piperazine rings is 1. The summed E-state index contributed by atoms with van der Waals surface area (Å²) in [4.78, 5) is 17.0. The summed E-state index contributed by atoms with van der Waals surface area (Å²) < 4.78 is 16.4. The lowest BCUT2D eigenvalue weighted by molar-refractivity contribution is -0.139. The Balaban J connectivity index is 1.53. The minimum atomic E-state index is -0.572. The summed E-state index contributed by atoms with van der Waals surface area (Å²) in [5.74, 6) is 1.81. The molecule has 0 unspecified atom stereocenters. The molecule has 1 aliphatic rings. The Morgan fingerprint density at radius 3 is 2.07 bits per heavy atom. The molecule has 6 heteroatoms. The molecule has 0 radical (unpaired) electrons. The summed E-state index contributed by atoms with van der Waals surface area (Å²) in [5.41, 5.74) is 1.30.